The molecule has 0 radical (unpaired) electrons. The molecule has 0 amide bonds. The predicted molar refractivity (Wildman–Crippen MR) is 82.7 cm³/mol. The zero-order valence-corrected chi connectivity index (χ0v) is 14.1. The molecule has 0 saturated heterocycles. The van der Waals surface area contributed by atoms with Crippen LogP contribution in [0.4, 0.5) is 0 Å². The van der Waals surface area contributed by atoms with Crippen molar-refractivity contribution < 1.29 is 13.2 Å². The van der Waals surface area contributed by atoms with E-state index in [0.717, 1.165) is 25.7 Å². The van der Waals surface area contributed by atoms with Gasteiger partial charge >= 0.3 is 0 Å². The number of rotatable bonds is 6. The highest BCUT2D eigenvalue weighted by molar-refractivity contribution is 7.92. The van der Waals surface area contributed by atoms with Crippen LogP contribution in [0, 0.1) is 0 Å². The van der Waals surface area contributed by atoms with Crippen LogP contribution < -0.4 is 5.32 Å². The standard InChI is InChI=1S/C15H29NO3S/c1-14(2,3)20(18,19)11-8-13(17)12-15(16-4)9-6-5-7-10-15/h16H,5-12H2,1-4H3. The Morgan fingerprint density at radius 2 is 1.70 bits per heavy atom. The Hall–Kier alpha value is -0.420. The molecule has 0 heterocycles. The summed E-state index contributed by atoms with van der Waals surface area (Å²) in [5.74, 6) is 0.0313. The zero-order chi connectivity index (χ0) is 15.4. The summed E-state index contributed by atoms with van der Waals surface area (Å²) < 4.78 is 23.3. The molecule has 1 saturated carbocycles. The van der Waals surface area contributed by atoms with Crippen molar-refractivity contribution in [3.63, 3.8) is 0 Å². The van der Waals surface area contributed by atoms with Crippen LogP contribution in [0.3, 0.4) is 0 Å². The van der Waals surface area contributed by atoms with Gasteiger partial charge in [0.25, 0.3) is 0 Å². The van der Waals surface area contributed by atoms with Crippen molar-refractivity contribution in [3.05, 3.63) is 0 Å². The Bertz CT molecular complexity index is 429. The van der Waals surface area contributed by atoms with Crippen molar-refractivity contribution >= 4 is 15.6 Å². The van der Waals surface area contributed by atoms with E-state index in [-0.39, 0.29) is 23.5 Å². The van der Waals surface area contributed by atoms with E-state index in [1.807, 2.05) is 7.05 Å². The number of ketones is 1. The van der Waals surface area contributed by atoms with E-state index in [2.05, 4.69) is 5.32 Å². The molecule has 1 aliphatic rings. The van der Waals surface area contributed by atoms with Crippen LogP contribution >= 0.6 is 0 Å². The Morgan fingerprint density at radius 1 is 1.15 bits per heavy atom. The number of Topliss-reactive ketones (excluding diaryl/α,β-unsaturated/α-hetero) is 1. The van der Waals surface area contributed by atoms with Gasteiger partial charge in [-0.3, -0.25) is 4.79 Å². The highest BCUT2D eigenvalue weighted by Crippen LogP contribution is 2.31. The fraction of sp³-hybridized carbons (Fsp3) is 0.933. The maximum Gasteiger partial charge on any atom is 0.155 e. The van der Waals surface area contributed by atoms with Crippen LogP contribution in [0.25, 0.3) is 0 Å². The van der Waals surface area contributed by atoms with Gasteiger partial charge in [-0.15, -0.1) is 0 Å². The topological polar surface area (TPSA) is 63.2 Å². The van der Waals surface area contributed by atoms with Crippen molar-refractivity contribution in [2.24, 2.45) is 0 Å². The second-order valence-electron chi connectivity index (χ2n) is 6.99. The van der Waals surface area contributed by atoms with Gasteiger partial charge in [0, 0.05) is 18.4 Å². The third-order valence-electron chi connectivity index (χ3n) is 4.46. The molecule has 0 unspecified atom stereocenters. The van der Waals surface area contributed by atoms with Crippen LogP contribution in [0.1, 0.15) is 65.7 Å². The first kappa shape index (κ1) is 17.6. The lowest BCUT2D eigenvalue weighted by Gasteiger charge is -2.36. The Labute approximate surface area is 123 Å². The van der Waals surface area contributed by atoms with Gasteiger partial charge in [0.2, 0.25) is 0 Å². The van der Waals surface area contributed by atoms with Crippen LogP contribution in [0.5, 0.6) is 0 Å². The lowest BCUT2D eigenvalue weighted by atomic mass is 9.78. The lowest BCUT2D eigenvalue weighted by Crippen LogP contribution is -2.46. The minimum Gasteiger partial charge on any atom is -0.314 e. The SMILES string of the molecule is CNC1(CC(=O)CCS(=O)(=O)C(C)(C)C)CCCCC1. The highest BCUT2D eigenvalue weighted by atomic mass is 32.2. The Kier molecular flexibility index (Phi) is 5.79. The van der Waals surface area contributed by atoms with Gasteiger partial charge in [-0.1, -0.05) is 19.3 Å². The van der Waals surface area contributed by atoms with Gasteiger partial charge in [-0.05, 0) is 40.7 Å². The van der Waals surface area contributed by atoms with Crippen LogP contribution in [-0.4, -0.2) is 37.3 Å². The van der Waals surface area contributed by atoms with E-state index in [1.165, 1.54) is 6.42 Å². The summed E-state index contributed by atoms with van der Waals surface area (Å²) in [6, 6.07) is 0. The van der Waals surface area contributed by atoms with Gasteiger partial charge in [0.05, 0.1) is 10.5 Å². The number of sulfone groups is 1. The van der Waals surface area contributed by atoms with Gasteiger partial charge in [-0.25, -0.2) is 8.42 Å². The molecule has 4 nitrogen and oxygen atoms in total. The minimum atomic E-state index is -3.20. The molecule has 0 aromatic rings. The molecule has 118 valence electrons. The van der Waals surface area contributed by atoms with Crippen molar-refractivity contribution in [3.8, 4) is 0 Å². The van der Waals surface area contributed by atoms with Gasteiger partial charge in [-0.2, -0.15) is 0 Å². The fourth-order valence-electron chi connectivity index (χ4n) is 2.76. The molecular weight excluding hydrogens is 274 g/mol. The number of carbonyl (C=O) groups excluding carboxylic acids is 1. The van der Waals surface area contributed by atoms with Crippen LogP contribution in [0.2, 0.25) is 0 Å². The molecule has 1 rings (SSSR count). The zero-order valence-electron chi connectivity index (χ0n) is 13.3. The maximum atomic E-state index is 12.1. The summed E-state index contributed by atoms with van der Waals surface area (Å²) in [5.41, 5.74) is -0.0964. The number of hydrogen-bond acceptors (Lipinski definition) is 4. The van der Waals surface area contributed by atoms with E-state index in [9.17, 15) is 13.2 Å². The van der Waals surface area contributed by atoms with Crippen LogP contribution in [-0.2, 0) is 14.6 Å². The highest BCUT2D eigenvalue weighted by Gasteiger charge is 2.34. The molecule has 0 aromatic carbocycles. The molecule has 0 atom stereocenters. The fourth-order valence-corrected chi connectivity index (χ4v) is 3.87. The minimum absolute atomic E-state index is 0.0326. The van der Waals surface area contributed by atoms with Gasteiger partial charge in [0.15, 0.2) is 9.84 Å². The first-order chi connectivity index (χ1) is 9.12. The van der Waals surface area contributed by atoms with Crippen molar-refractivity contribution in [2.45, 2.75) is 76.0 Å². The van der Waals surface area contributed by atoms with E-state index in [4.69, 9.17) is 0 Å². The van der Waals surface area contributed by atoms with E-state index in [0.29, 0.717) is 6.42 Å². The van der Waals surface area contributed by atoms with Crippen molar-refractivity contribution in [1.29, 1.82) is 0 Å². The third-order valence-corrected chi connectivity index (χ3v) is 7.07. The molecule has 1 aliphatic carbocycles. The Balaban J connectivity index is 2.56. The second kappa shape index (κ2) is 6.56. The summed E-state index contributed by atoms with van der Waals surface area (Å²) in [6.07, 6.45) is 6.16. The molecular formula is C15H29NO3S. The summed E-state index contributed by atoms with van der Waals surface area (Å²) in [7, 11) is -1.29. The van der Waals surface area contributed by atoms with Crippen molar-refractivity contribution in [2.75, 3.05) is 12.8 Å². The third kappa shape index (κ3) is 4.55. The summed E-state index contributed by atoms with van der Waals surface area (Å²) in [6.45, 7) is 5.05. The smallest absolute Gasteiger partial charge is 0.155 e. The summed E-state index contributed by atoms with van der Waals surface area (Å²) in [5, 5.41) is 3.31. The normalized spacial score (nSPS) is 19.8. The Morgan fingerprint density at radius 3 is 2.15 bits per heavy atom. The first-order valence-corrected chi connectivity index (χ1v) is 9.20. The maximum absolute atomic E-state index is 12.1. The molecule has 20 heavy (non-hydrogen) atoms. The number of carbonyl (C=O) groups is 1. The largest absolute Gasteiger partial charge is 0.314 e. The molecule has 0 aromatic heterocycles. The molecule has 5 heteroatoms. The molecule has 1 fully saturated rings. The molecule has 0 bridgehead atoms. The number of nitrogens with one attached hydrogen (secondary N) is 1. The van der Waals surface area contributed by atoms with Crippen molar-refractivity contribution in [1.82, 2.24) is 5.32 Å². The molecule has 0 spiro atoms. The quantitative estimate of drug-likeness (QED) is 0.819. The number of hydrogen-bond donors (Lipinski definition) is 1. The van der Waals surface area contributed by atoms with E-state index < -0.39 is 14.6 Å². The molecule has 0 aliphatic heterocycles. The van der Waals surface area contributed by atoms with E-state index in [1.54, 1.807) is 20.8 Å². The summed E-state index contributed by atoms with van der Waals surface area (Å²) >= 11 is 0. The first-order valence-electron chi connectivity index (χ1n) is 7.55. The van der Waals surface area contributed by atoms with Gasteiger partial charge < -0.3 is 5.32 Å². The average Bonchev–Trinajstić information content (AvgIpc) is 2.36. The predicted octanol–water partition coefficient (Wildman–Crippen LogP) is 2.47. The van der Waals surface area contributed by atoms with Gasteiger partial charge in [0.1, 0.15) is 5.78 Å². The van der Waals surface area contributed by atoms with Crippen LogP contribution in [0.15, 0.2) is 0 Å². The monoisotopic (exact) mass is 303 g/mol. The lowest BCUT2D eigenvalue weighted by molar-refractivity contribution is -0.120. The second-order valence-corrected chi connectivity index (χ2v) is 9.85. The molecule has 1 N–H and O–H groups in total. The summed E-state index contributed by atoms with van der Waals surface area (Å²) in [4.78, 5) is 12.1. The average molecular weight is 303 g/mol. The van der Waals surface area contributed by atoms with E-state index >= 15 is 0 Å².